The molecule has 1 fully saturated rings. The van der Waals surface area contributed by atoms with Gasteiger partial charge in [0.2, 0.25) is 0 Å². The van der Waals surface area contributed by atoms with Crippen LogP contribution in [0.1, 0.15) is 25.1 Å². The van der Waals surface area contributed by atoms with Crippen LogP contribution in [0.2, 0.25) is 0 Å². The molecule has 4 nitrogen and oxygen atoms in total. The first-order valence-corrected chi connectivity index (χ1v) is 8.04. The Morgan fingerprint density at radius 1 is 1.45 bits per heavy atom. The van der Waals surface area contributed by atoms with Crippen molar-refractivity contribution < 1.29 is 8.78 Å². The molecule has 2 aromatic rings. The Labute approximate surface area is 134 Å². The van der Waals surface area contributed by atoms with Crippen molar-refractivity contribution in [3.63, 3.8) is 0 Å². The molecule has 1 saturated heterocycles. The predicted octanol–water partition coefficient (Wildman–Crippen LogP) is 3.10. The van der Waals surface area contributed by atoms with Crippen LogP contribution in [0.5, 0.6) is 0 Å². The first-order valence-electron chi connectivity index (χ1n) is 7.25. The number of nitrogens with zero attached hydrogens (tertiary/aromatic N) is 2. The van der Waals surface area contributed by atoms with Gasteiger partial charge in [-0.2, -0.15) is 0 Å². The molecule has 0 bridgehead atoms. The lowest BCUT2D eigenvalue weighted by atomic mass is 9.99. The van der Waals surface area contributed by atoms with Crippen molar-refractivity contribution in [1.29, 1.82) is 0 Å². The number of piperidine rings is 1. The van der Waals surface area contributed by atoms with Crippen molar-refractivity contribution in [2.45, 2.75) is 25.8 Å². The first kappa shape index (κ1) is 15.6. The van der Waals surface area contributed by atoms with Crippen LogP contribution in [0.4, 0.5) is 8.78 Å². The molecule has 1 atom stereocenters. The second kappa shape index (κ2) is 6.42. The number of hydrogen-bond acceptors (Lipinski definition) is 3. The zero-order valence-electron chi connectivity index (χ0n) is 11.9. The highest BCUT2D eigenvalue weighted by atomic mass is 79.9. The highest BCUT2D eigenvalue weighted by Gasteiger charge is 2.22. The molecule has 0 unspecified atom stereocenters. The molecule has 7 heteroatoms. The molecule has 1 aromatic heterocycles. The fraction of sp³-hybridized carbons (Fsp3) is 0.467. The van der Waals surface area contributed by atoms with E-state index in [1.165, 1.54) is 0 Å². The maximum atomic E-state index is 13.3. The van der Waals surface area contributed by atoms with E-state index in [1.54, 1.807) is 18.2 Å². The highest BCUT2D eigenvalue weighted by Crippen LogP contribution is 2.22. The minimum Gasteiger partial charge on any atom is -0.316 e. The number of hydrogen-bond donors (Lipinski definition) is 1. The van der Waals surface area contributed by atoms with Gasteiger partial charge in [-0.15, -0.1) is 0 Å². The summed E-state index contributed by atoms with van der Waals surface area (Å²) in [5.41, 5.74) is -0.0892. The molecular formula is C15H16BrF2N3O. The fourth-order valence-electron chi connectivity index (χ4n) is 2.89. The lowest BCUT2D eigenvalue weighted by Gasteiger charge is -2.24. The van der Waals surface area contributed by atoms with E-state index >= 15 is 0 Å². The molecule has 1 aliphatic rings. The van der Waals surface area contributed by atoms with Crippen molar-refractivity contribution in [2.24, 2.45) is 5.92 Å². The lowest BCUT2D eigenvalue weighted by Crippen LogP contribution is -2.36. The summed E-state index contributed by atoms with van der Waals surface area (Å²) in [4.78, 5) is 16.6. The average molecular weight is 372 g/mol. The summed E-state index contributed by atoms with van der Waals surface area (Å²) >= 11 is 3.30. The minimum absolute atomic E-state index is 0.176. The molecule has 1 N–H and O–H groups in total. The maximum absolute atomic E-state index is 13.3. The Morgan fingerprint density at radius 3 is 2.95 bits per heavy atom. The van der Waals surface area contributed by atoms with Crippen LogP contribution in [-0.4, -0.2) is 22.6 Å². The predicted molar refractivity (Wildman–Crippen MR) is 84.3 cm³/mol. The first-order chi connectivity index (χ1) is 10.6. The Balaban J connectivity index is 2.10. The summed E-state index contributed by atoms with van der Waals surface area (Å²) in [6, 6.07) is 4.91. The van der Waals surface area contributed by atoms with E-state index in [2.05, 4.69) is 26.2 Å². The zero-order chi connectivity index (χ0) is 15.7. The third kappa shape index (κ3) is 3.05. The largest absolute Gasteiger partial charge is 0.316 e. The smallest absolute Gasteiger partial charge is 0.295 e. The SMILES string of the molecule is O=c1c2cc(Br)ccc2nc(C(F)F)n1C[C@H]1CCCNC1. The summed E-state index contributed by atoms with van der Waals surface area (Å²) < 4.78 is 28.5. The Morgan fingerprint density at radius 2 is 2.27 bits per heavy atom. The van der Waals surface area contributed by atoms with Crippen LogP contribution in [0.25, 0.3) is 10.9 Å². The molecule has 1 aromatic carbocycles. The number of fused-ring (bicyclic) bond motifs is 1. The molecular weight excluding hydrogens is 356 g/mol. The normalized spacial score (nSPS) is 19.0. The van der Waals surface area contributed by atoms with Gasteiger partial charge in [-0.25, -0.2) is 13.8 Å². The van der Waals surface area contributed by atoms with Gasteiger partial charge in [0.15, 0.2) is 5.82 Å². The molecule has 3 rings (SSSR count). The van der Waals surface area contributed by atoms with Crippen molar-refractivity contribution in [3.05, 3.63) is 38.9 Å². The number of rotatable bonds is 3. The standard InChI is InChI=1S/C15H16BrF2N3O/c16-10-3-4-12-11(6-10)15(22)21(14(20-12)13(17)18)8-9-2-1-5-19-7-9/h3-4,6,9,13,19H,1-2,5,7-8H2/t9-/m0/s1. The van der Waals surface area contributed by atoms with Crippen LogP contribution in [-0.2, 0) is 6.54 Å². The van der Waals surface area contributed by atoms with Gasteiger partial charge in [-0.05, 0) is 50.0 Å². The minimum atomic E-state index is -2.77. The number of alkyl halides is 2. The molecule has 0 radical (unpaired) electrons. The van der Waals surface area contributed by atoms with E-state index in [4.69, 9.17) is 0 Å². The molecule has 0 amide bonds. The van der Waals surface area contributed by atoms with Gasteiger partial charge in [-0.3, -0.25) is 9.36 Å². The van der Waals surface area contributed by atoms with Crippen LogP contribution < -0.4 is 10.9 Å². The molecule has 118 valence electrons. The van der Waals surface area contributed by atoms with Crippen LogP contribution in [0, 0.1) is 5.92 Å². The van der Waals surface area contributed by atoms with Crippen molar-refractivity contribution in [2.75, 3.05) is 13.1 Å². The van der Waals surface area contributed by atoms with Crippen molar-refractivity contribution >= 4 is 26.8 Å². The number of aromatic nitrogens is 2. The molecule has 0 saturated carbocycles. The highest BCUT2D eigenvalue weighted by molar-refractivity contribution is 9.10. The average Bonchev–Trinajstić information content (AvgIpc) is 2.51. The summed E-state index contributed by atoms with van der Waals surface area (Å²) in [7, 11) is 0. The summed E-state index contributed by atoms with van der Waals surface area (Å²) in [6.45, 7) is 1.96. The number of benzene rings is 1. The third-order valence-corrected chi connectivity index (χ3v) is 4.47. The van der Waals surface area contributed by atoms with Gasteiger partial charge in [0.05, 0.1) is 10.9 Å². The second-order valence-electron chi connectivity index (χ2n) is 5.56. The van der Waals surface area contributed by atoms with E-state index in [0.29, 0.717) is 10.9 Å². The molecule has 1 aliphatic heterocycles. The zero-order valence-corrected chi connectivity index (χ0v) is 13.4. The van der Waals surface area contributed by atoms with Gasteiger partial charge in [0.25, 0.3) is 12.0 Å². The second-order valence-corrected chi connectivity index (χ2v) is 6.48. The van der Waals surface area contributed by atoms with Gasteiger partial charge in [0.1, 0.15) is 0 Å². The third-order valence-electron chi connectivity index (χ3n) is 3.98. The summed E-state index contributed by atoms with van der Waals surface area (Å²) in [5.74, 6) is -0.263. The van der Waals surface area contributed by atoms with Crippen molar-refractivity contribution in [3.8, 4) is 0 Å². The van der Waals surface area contributed by atoms with Crippen molar-refractivity contribution in [1.82, 2.24) is 14.9 Å². The van der Waals surface area contributed by atoms with E-state index in [9.17, 15) is 13.6 Å². The fourth-order valence-corrected chi connectivity index (χ4v) is 3.25. The van der Waals surface area contributed by atoms with Gasteiger partial charge < -0.3 is 5.32 Å². The van der Waals surface area contributed by atoms with E-state index < -0.39 is 17.8 Å². The lowest BCUT2D eigenvalue weighted by molar-refractivity contribution is 0.131. The number of halogens is 3. The van der Waals surface area contributed by atoms with Gasteiger partial charge in [-0.1, -0.05) is 15.9 Å². The summed E-state index contributed by atoms with van der Waals surface area (Å²) in [6.07, 6.45) is -0.841. The number of nitrogens with one attached hydrogen (secondary N) is 1. The quantitative estimate of drug-likeness (QED) is 0.901. The molecule has 0 aliphatic carbocycles. The summed E-state index contributed by atoms with van der Waals surface area (Å²) in [5, 5.41) is 3.60. The van der Waals surface area contributed by atoms with Crippen LogP contribution >= 0.6 is 15.9 Å². The Bertz CT molecular complexity index is 741. The molecule has 2 heterocycles. The Kier molecular flexibility index (Phi) is 4.54. The maximum Gasteiger partial charge on any atom is 0.295 e. The van der Waals surface area contributed by atoms with E-state index in [1.807, 2.05) is 0 Å². The topological polar surface area (TPSA) is 46.9 Å². The van der Waals surface area contributed by atoms with E-state index in [-0.39, 0.29) is 12.5 Å². The van der Waals surface area contributed by atoms with Gasteiger partial charge >= 0.3 is 0 Å². The van der Waals surface area contributed by atoms with Gasteiger partial charge in [0, 0.05) is 11.0 Å². The van der Waals surface area contributed by atoms with Crippen LogP contribution in [0.3, 0.4) is 0 Å². The van der Waals surface area contributed by atoms with Crippen LogP contribution in [0.15, 0.2) is 27.5 Å². The molecule has 22 heavy (non-hydrogen) atoms. The Hall–Kier alpha value is -1.34. The molecule has 0 spiro atoms. The monoisotopic (exact) mass is 371 g/mol. The van der Waals surface area contributed by atoms with E-state index in [0.717, 1.165) is 35.0 Å².